The Morgan fingerprint density at radius 2 is 2.05 bits per heavy atom. The van der Waals surface area contributed by atoms with E-state index >= 15 is 0 Å². The predicted molar refractivity (Wildman–Crippen MR) is 81.6 cm³/mol. The van der Waals surface area contributed by atoms with Gasteiger partial charge in [0, 0.05) is 12.1 Å². The molecule has 20 heavy (non-hydrogen) atoms. The van der Waals surface area contributed by atoms with Crippen LogP contribution in [0.1, 0.15) is 22.2 Å². The van der Waals surface area contributed by atoms with E-state index in [9.17, 15) is 4.79 Å². The number of methoxy groups -OCH3 is 1. The first-order valence-electron chi connectivity index (χ1n) is 6.19. The van der Waals surface area contributed by atoms with Crippen LogP contribution < -0.4 is 10.2 Å². The Bertz CT molecular complexity index is 589. The van der Waals surface area contributed by atoms with Gasteiger partial charge in [-0.25, -0.2) is 5.43 Å². The number of thiophene rings is 1. The van der Waals surface area contributed by atoms with Crippen molar-refractivity contribution in [2.75, 3.05) is 7.11 Å². The summed E-state index contributed by atoms with van der Waals surface area (Å²) in [7, 11) is 1.64. The molecule has 1 amide bonds. The van der Waals surface area contributed by atoms with Crippen LogP contribution in [0.25, 0.3) is 0 Å². The van der Waals surface area contributed by atoms with Gasteiger partial charge in [-0.2, -0.15) is 5.10 Å². The van der Waals surface area contributed by atoms with Crippen molar-refractivity contribution in [3.63, 3.8) is 0 Å². The van der Waals surface area contributed by atoms with Crippen LogP contribution in [0.4, 0.5) is 0 Å². The number of nitrogens with one attached hydrogen (secondary N) is 1. The number of carbonyl (C=O) groups excluding carboxylic acids is 1. The summed E-state index contributed by atoms with van der Waals surface area (Å²) in [6.07, 6.45) is 0.689. The fourth-order valence-electron chi connectivity index (χ4n) is 1.69. The number of rotatable bonds is 5. The van der Waals surface area contributed by atoms with E-state index in [0.717, 1.165) is 17.0 Å². The van der Waals surface area contributed by atoms with Crippen LogP contribution in [-0.2, 0) is 6.42 Å². The van der Waals surface area contributed by atoms with Gasteiger partial charge in [-0.3, -0.25) is 4.79 Å². The van der Waals surface area contributed by atoms with Crippen LogP contribution in [0.5, 0.6) is 5.75 Å². The van der Waals surface area contributed by atoms with Gasteiger partial charge in [0.2, 0.25) is 0 Å². The first-order valence-corrected chi connectivity index (χ1v) is 7.07. The van der Waals surface area contributed by atoms with E-state index in [1.807, 2.05) is 42.6 Å². The van der Waals surface area contributed by atoms with Crippen molar-refractivity contribution in [1.82, 2.24) is 5.43 Å². The predicted octanol–water partition coefficient (Wildman–Crippen LogP) is 3.11. The summed E-state index contributed by atoms with van der Waals surface area (Å²) in [4.78, 5) is 12.4. The molecule has 1 heterocycles. The Labute approximate surface area is 122 Å². The van der Waals surface area contributed by atoms with Crippen molar-refractivity contribution in [2.45, 2.75) is 13.3 Å². The molecule has 0 spiro atoms. The topological polar surface area (TPSA) is 50.7 Å². The minimum atomic E-state index is -0.172. The smallest absolute Gasteiger partial charge is 0.281 e. The summed E-state index contributed by atoms with van der Waals surface area (Å²) >= 11 is 1.40. The second-order valence-electron chi connectivity index (χ2n) is 4.29. The molecular weight excluding hydrogens is 272 g/mol. The van der Waals surface area contributed by atoms with E-state index in [2.05, 4.69) is 10.5 Å². The zero-order valence-corrected chi connectivity index (χ0v) is 12.2. The molecule has 0 aliphatic rings. The highest BCUT2D eigenvalue weighted by Gasteiger charge is 2.05. The monoisotopic (exact) mass is 288 g/mol. The van der Waals surface area contributed by atoms with Crippen molar-refractivity contribution < 1.29 is 9.53 Å². The van der Waals surface area contributed by atoms with Crippen molar-refractivity contribution in [2.24, 2.45) is 5.10 Å². The highest BCUT2D eigenvalue weighted by Crippen LogP contribution is 2.12. The zero-order chi connectivity index (χ0) is 14.4. The van der Waals surface area contributed by atoms with Crippen LogP contribution in [0.2, 0.25) is 0 Å². The van der Waals surface area contributed by atoms with Gasteiger partial charge in [-0.15, -0.1) is 11.3 Å². The standard InChI is InChI=1S/C15H16N2O2S/c1-11(10-12-5-7-13(19-2)8-6-12)16-17-15(18)14-4-3-9-20-14/h3-9H,10H2,1-2H3,(H,17,18). The molecule has 0 atom stereocenters. The van der Waals surface area contributed by atoms with Crippen LogP contribution in [0.15, 0.2) is 46.9 Å². The molecule has 2 aromatic rings. The highest BCUT2D eigenvalue weighted by molar-refractivity contribution is 7.12. The zero-order valence-electron chi connectivity index (χ0n) is 11.4. The molecular formula is C15H16N2O2S. The SMILES string of the molecule is COc1ccc(CC(C)=NNC(=O)c2cccs2)cc1. The van der Waals surface area contributed by atoms with Crippen molar-refractivity contribution in [3.05, 3.63) is 52.2 Å². The molecule has 1 aromatic heterocycles. The molecule has 5 heteroatoms. The largest absolute Gasteiger partial charge is 0.497 e. The van der Waals surface area contributed by atoms with Gasteiger partial charge in [0.05, 0.1) is 12.0 Å². The molecule has 1 N–H and O–H groups in total. The number of hydrogen-bond acceptors (Lipinski definition) is 4. The summed E-state index contributed by atoms with van der Waals surface area (Å²) in [6.45, 7) is 1.89. The van der Waals surface area contributed by atoms with E-state index in [1.165, 1.54) is 11.3 Å². The molecule has 0 bridgehead atoms. The fourth-order valence-corrected chi connectivity index (χ4v) is 2.30. The number of ether oxygens (including phenoxy) is 1. The molecule has 0 unspecified atom stereocenters. The molecule has 2 rings (SSSR count). The molecule has 0 saturated carbocycles. The number of nitrogens with zero attached hydrogens (tertiary/aromatic N) is 1. The summed E-state index contributed by atoms with van der Waals surface area (Å²) in [5.74, 6) is 0.656. The Morgan fingerprint density at radius 1 is 1.30 bits per heavy atom. The number of amides is 1. The maximum atomic E-state index is 11.7. The third kappa shape index (κ3) is 3.93. The minimum absolute atomic E-state index is 0.172. The van der Waals surface area contributed by atoms with Gasteiger partial charge in [0.1, 0.15) is 5.75 Å². The van der Waals surface area contributed by atoms with Gasteiger partial charge in [0.15, 0.2) is 0 Å². The molecule has 104 valence electrons. The van der Waals surface area contributed by atoms with E-state index in [0.29, 0.717) is 11.3 Å². The average Bonchev–Trinajstić information content (AvgIpc) is 3.00. The summed E-state index contributed by atoms with van der Waals surface area (Å²) in [5, 5.41) is 5.97. The van der Waals surface area contributed by atoms with Crippen molar-refractivity contribution in [1.29, 1.82) is 0 Å². The number of hydrazone groups is 1. The minimum Gasteiger partial charge on any atom is -0.497 e. The fraction of sp³-hybridized carbons (Fsp3) is 0.200. The maximum Gasteiger partial charge on any atom is 0.281 e. The second kappa shape index (κ2) is 6.86. The number of benzene rings is 1. The lowest BCUT2D eigenvalue weighted by molar-refractivity contribution is 0.0959. The van der Waals surface area contributed by atoms with Gasteiger partial charge in [0.25, 0.3) is 5.91 Å². The van der Waals surface area contributed by atoms with Crippen LogP contribution in [0.3, 0.4) is 0 Å². The van der Waals surface area contributed by atoms with Gasteiger partial charge in [-0.1, -0.05) is 18.2 Å². The van der Waals surface area contributed by atoms with Crippen LogP contribution in [-0.4, -0.2) is 18.7 Å². The lowest BCUT2D eigenvalue weighted by Crippen LogP contribution is -2.18. The third-order valence-corrected chi connectivity index (χ3v) is 3.58. The Balaban J connectivity index is 1.91. The van der Waals surface area contributed by atoms with Crippen molar-refractivity contribution in [3.8, 4) is 5.75 Å². The van der Waals surface area contributed by atoms with E-state index in [1.54, 1.807) is 13.2 Å². The Morgan fingerprint density at radius 3 is 2.65 bits per heavy atom. The van der Waals surface area contributed by atoms with Crippen LogP contribution in [0, 0.1) is 0 Å². The molecule has 1 aromatic carbocycles. The van der Waals surface area contributed by atoms with Crippen molar-refractivity contribution >= 4 is 23.0 Å². The summed E-state index contributed by atoms with van der Waals surface area (Å²) in [6, 6.07) is 11.4. The highest BCUT2D eigenvalue weighted by atomic mass is 32.1. The third-order valence-electron chi connectivity index (χ3n) is 2.71. The van der Waals surface area contributed by atoms with Crippen LogP contribution >= 0.6 is 11.3 Å². The normalized spacial score (nSPS) is 11.2. The van der Waals surface area contributed by atoms with Gasteiger partial charge >= 0.3 is 0 Å². The molecule has 0 radical (unpaired) electrons. The molecule has 0 saturated heterocycles. The quantitative estimate of drug-likeness (QED) is 0.679. The summed E-state index contributed by atoms with van der Waals surface area (Å²) < 4.78 is 5.11. The summed E-state index contributed by atoms with van der Waals surface area (Å²) in [5.41, 5.74) is 4.53. The van der Waals surface area contributed by atoms with Gasteiger partial charge < -0.3 is 4.74 Å². The molecule has 0 fully saturated rings. The molecule has 0 aliphatic heterocycles. The Hall–Kier alpha value is -2.14. The van der Waals surface area contributed by atoms with E-state index < -0.39 is 0 Å². The molecule has 0 aliphatic carbocycles. The first-order chi connectivity index (χ1) is 9.69. The van der Waals surface area contributed by atoms with E-state index in [-0.39, 0.29) is 5.91 Å². The van der Waals surface area contributed by atoms with Gasteiger partial charge in [-0.05, 0) is 36.1 Å². The lowest BCUT2D eigenvalue weighted by Gasteiger charge is -2.04. The Kier molecular flexibility index (Phi) is 4.90. The first kappa shape index (κ1) is 14.3. The molecule has 4 nitrogen and oxygen atoms in total. The average molecular weight is 288 g/mol. The second-order valence-corrected chi connectivity index (χ2v) is 5.24. The number of hydrogen-bond donors (Lipinski definition) is 1. The lowest BCUT2D eigenvalue weighted by atomic mass is 10.1. The van der Waals surface area contributed by atoms with E-state index in [4.69, 9.17) is 4.74 Å². The maximum absolute atomic E-state index is 11.7. The number of carbonyl (C=O) groups is 1.